The van der Waals surface area contributed by atoms with Crippen LogP contribution in [-0.4, -0.2) is 15.4 Å². The second-order valence-electron chi connectivity index (χ2n) is 3.70. The van der Waals surface area contributed by atoms with Gasteiger partial charge >= 0.3 is 0 Å². The molecule has 0 spiro atoms. The predicted octanol–water partition coefficient (Wildman–Crippen LogP) is 3.46. The molecule has 0 bridgehead atoms. The van der Waals surface area contributed by atoms with Crippen LogP contribution in [-0.2, 0) is 6.42 Å². The molecule has 0 radical (unpaired) electrons. The van der Waals surface area contributed by atoms with Gasteiger partial charge in [0.2, 0.25) is 0 Å². The summed E-state index contributed by atoms with van der Waals surface area (Å²) < 4.78 is 0. The van der Waals surface area contributed by atoms with Crippen LogP contribution in [0.1, 0.15) is 24.1 Å². The van der Waals surface area contributed by atoms with Crippen molar-refractivity contribution in [1.29, 1.82) is 0 Å². The average molecular weight is 256 g/mol. The van der Waals surface area contributed by atoms with Crippen molar-refractivity contribution in [3.63, 3.8) is 0 Å². The summed E-state index contributed by atoms with van der Waals surface area (Å²) in [4.78, 5) is 0. The lowest BCUT2D eigenvalue weighted by atomic mass is 9.96. The molecule has 0 aliphatic carbocycles. The Morgan fingerprint density at radius 2 is 2.00 bits per heavy atom. The minimum absolute atomic E-state index is 0.214. The Morgan fingerprint density at radius 3 is 2.56 bits per heavy atom. The average Bonchev–Trinajstić information content (AvgIpc) is 2.70. The molecule has 16 heavy (non-hydrogen) atoms. The van der Waals surface area contributed by atoms with Gasteiger partial charge in [-0.05, 0) is 30.0 Å². The zero-order chi connectivity index (χ0) is 11.5. The summed E-state index contributed by atoms with van der Waals surface area (Å²) in [5.74, 6) is 0.214. The summed E-state index contributed by atoms with van der Waals surface area (Å²) in [7, 11) is 0. The molecule has 0 amide bonds. The van der Waals surface area contributed by atoms with Gasteiger partial charge in [0.05, 0.1) is 11.9 Å². The number of nitrogens with zero attached hydrogens (tertiary/aromatic N) is 2. The van der Waals surface area contributed by atoms with E-state index in [1.807, 2.05) is 18.2 Å². The van der Waals surface area contributed by atoms with E-state index in [1.165, 1.54) is 0 Å². The number of H-pyrrole nitrogens is 1. The molecule has 0 aliphatic heterocycles. The first kappa shape index (κ1) is 11.4. The fourth-order valence-electron chi connectivity index (χ4n) is 1.72. The van der Waals surface area contributed by atoms with Crippen LogP contribution in [0.4, 0.5) is 0 Å². The molecule has 0 saturated heterocycles. The van der Waals surface area contributed by atoms with E-state index < -0.39 is 0 Å². The summed E-state index contributed by atoms with van der Waals surface area (Å²) in [6.45, 7) is 2.07. The molecule has 5 heteroatoms. The number of hydrogen-bond donors (Lipinski definition) is 1. The third kappa shape index (κ3) is 2.36. The number of halogens is 2. The van der Waals surface area contributed by atoms with Gasteiger partial charge in [0.1, 0.15) is 0 Å². The number of aromatic amines is 1. The van der Waals surface area contributed by atoms with Gasteiger partial charge in [0.15, 0.2) is 0 Å². The predicted molar refractivity (Wildman–Crippen MR) is 65.0 cm³/mol. The Morgan fingerprint density at radius 1 is 1.31 bits per heavy atom. The Bertz CT molecular complexity index is 448. The lowest BCUT2D eigenvalue weighted by Crippen LogP contribution is -2.00. The summed E-state index contributed by atoms with van der Waals surface area (Å²) in [5.41, 5.74) is 1.87. The van der Waals surface area contributed by atoms with E-state index in [4.69, 9.17) is 23.2 Å². The minimum atomic E-state index is 0.214. The highest BCUT2D eigenvalue weighted by Gasteiger charge is 2.15. The van der Waals surface area contributed by atoms with E-state index in [9.17, 15) is 0 Å². The highest BCUT2D eigenvalue weighted by atomic mass is 35.5. The second kappa shape index (κ2) is 4.85. The highest BCUT2D eigenvalue weighted by molar-refractivity contribution is 6.36. The number of aromatic nitrogens is 3. The van der Waals surface area contributed by atoms with Crippen molar-refractivity contribution in [2.75, 3.05) is 0 Å². The van der Waals surface area contributed by atoms with Crippen molar-refractivity contribution in [1.82, 2.24) is 15.4 Å². The van der Waals surface area contributed by atoms with Crippen LogP contribution in [0.2, 0.25) is 10.0 Å². The molecule has 3 nitrogen and oxygen atoms in total. The molecule has 1 heterocycles. The molecule has 0 fully saturated rings. The summed E-state index contributed by atoms with van der Waals surface area (Å²) >= 11 is 12.3. The van der Waals surface area contributed by atoms with Gasteiger partial charge in [0.25, 0.3) is 0 Å². The van der Waals surface area contributed by atoms with Crippen LogP contribution >= 0.6 is 23.2 Å². The van der Waals surface area contributed by atoms with Gasteiger partial charge in [-0.15, -0.1) is 0 Å². The quantitative estimate of drug-likeness (QED) is 0.913. The highest BCUT2D eigenvalue weighted by Crippen LogP contribution is 2.32. The van der Waals surface area contributed by atoms with Crippen molar-refractivity contribution in [2.24, 2.45) is 0 Å². The Labute approximate surface area is 104 Å². The largest absolute Gasteiger partial charge is 0.198 e. The van der Waals surface area contributed by atoms with Crippen molar-refractivity contribution >= 4 is 23.2 Å². The molecule has 0 saturated carbocycles. The fourth-order valence-corrected chi connectivity index (χ4v) is 2.49. The number of hydrogen-bond acceptors (Lipinski definition) is 2. The van der Waals surface area contributed by atoms with Crippen molar-refractivity contribution in [2.45, 2.75) is 19.3 Å². The minimum Gasteiger partial charge on any atom is -0.198 e. The van der Waals surface area contributed by atoms with E-state index in [-0.39, 0.29) is 5.92 Å². The van der Waals surface area contributed by atoms with Gasteiger partial charge in [0, 0.05) is 10.0 Å². The topological polar surface area (TPSA) is 41.6 Å². The molecule has 1 N–H and O–H groups in total. The molecular formula is C11H11Cl2N3. The third-order valence-electron chi connectivity index (χ3n) is 2.47. The zero-order valence-corrected chi connectivity index (χ0v) is 10.3. The van der Waals surface area contributed by atoms with Gasteiger partial charge in [-0.1, -0.05) is 36.2 Å². The molecule has 0 aliphatic rings. The smallest absolute Gasteiger partial charge is 0.0830 e. The lowest BCUT2D eigenvalue weighted by molar-refractivity contribution is 0.736. The maximum absolute atomic E-state index is 6.14. The standard InChI is InChI=1S/C11H11Cl2N3/c1-7(5-8-6-14-16-15-8)11-9(12)3-2-4-10(11)13/h2-4,6-7H,5H2,1H3,(H,14,15,16). The van der Waals surface area contributed by atoms with Crippen LogP contribution < -0.4 is 0 Å². The van der Waals surface area contributed by atoms with E-state index in [0.29, 0.717) is 10.0 Å². The van der Waals surface area contributed by atoms with Crippen molar-refractivity contribution < 1.29 is 0 Å². The zero-order valence-electron chi connectivity index (χ0n) is 8.74. The van der Waals surface area contributed by atoms with Crippen molar-refractivity contribution in [3.05, 3.63) is 45.7 Å². The monoisotopic (exact) mass is 255 g/mol. The van der Waals surface area contributed by atoms with Gasteiger partial charge in [-0.2, -0.15) is 15.4 Å². The van der Waals surface area contributed by atoms with E-state index >= 15 is 0 Å². The second-order valence-corrected chi connectivity index (χ2v) is 4.52. The van der Waals surface area contributed by atoms with Crippen LogP contribution in [0.5, 0.6) is 0 Å². The van der Waals surface area contributed by atoms with Crippen LogP contribution in [0.3, 0.4) is 0 Å². The third-order valence-corrected chi connectivity index (χ3v) is 3.13. The maximum atomic E-state index is 6.14. The first-order chi connectivity index (χ1) is 7.68. The van der Waals surface area contributed by atoms with E-state index in [2.05, 4.69) is 22.3 Å². The van der Waals surface area contributed by atoms with Crippen LogP contribution in [0.15, 0.2) is 24.4 Å². The number of nitrogens with one attached hydrogen (secondary N) is 1. The molecule has 1 aromatic heterocycles. The SMILES string of the molecule is CC(Cc1cn[nH]n1)c1c(Cl)cccc1Cl. The Balaban J connectivity index is 2.24. The summed E-state index contributed by atoms with van der Waals surface area (Å²) in [6.07, 6.45) is 2.47. The Hall–Kier alpha value is -1.06. The molecule has 1 atom stereocenters. The molecular weight excluding hydrogens is 245 g/mol. The summed E-state index contributed by atoms with van der Waals surface area (Å²) in [5, 5.41) is 11.8. The van der Waals surface area contributed by atoms with E-state index in [0.717, 1.165) is 17.7 Å². The maximum Gasteiger partial charge on any atom is 0.0830 e. The first-order valence-corrected chi connectivity index (χ1v) is 5.72. The van der Waals surface area contributed by atoms with Gasteiger partial charge in [-0.25, -0.2) is 0 Å². The summed E-state index contributed by atoms with van der Waals surface area (Å²) in [6, 6.07) is 5.54. The lowest BCUT2D eigenvalue weighted by Gasteiger charge is -2.13. The molecule has 2 aromatic rings. The fraction of sp³-hybridized carbons (Fsp3) is 0.273. The number of benzene rings is 1. The molecule has 1 aromatic carbocycles. The molecule has 2 rings (SSSR count). The van der Waals surface area contributed by atoms with E-state index in [1.54, 1.807) is 6.20 Å². The first-order valence-electron chi connectivity index (χ1n) is 4.97. The Kier molecular flexibility index (Phi) is 3.46. The number of rotatable bonds is 3. The molecule has 1 unspecified atom stereocenters. The molecule has 84 valence electrons. The van der Waals surface area contributed by atoms with Gasteiger partial charge < -0.3 is 0 Å². The van der Waals surface area contributed by atoms with Crippen molar-refractivity contribution in [3.8, 4) is 0 Å². The van der Waals surface area contributed by atoms with Crippen LogP contribution in [0.25, 0.3) is 0 Å². The van der Waals surface area contributed by atoms with Gasteiger partial charge in [-0.3, -0.25) is 0 Å². The van der Waals surface area contributed by atoms with Crippen LogP contribution in [0, 0.1) is 0 Å². The normalized spacial score (nSPS) is 12.7.